The third kappa shape index (κ3) is 3.61. The number of non-ortho nitro benzene ring substituents is 1. The van der Waals surface area contributed by atoms with Gasteiger partial charge in [-0.3, -0.25) is 14.8 Å². The number of nitrogens with one attached hydrogen (secondary N) is 1. The molecule has 0 aliphatic rings. The highest BCUT2D eigenvalue weighted by molar-refractivity contribution is 7.90. The van der Waals surface area contributed by atoms with Crippen LogP contribution < -0.4 is 5.32 Å². The predicted octanol–water partition coefficient (Wildman–Crippen LogP) is 1.39. The zero-order valence-corrected chi connectivity index (χ0v) is 13.0. The molecule has 0 radical (unpaired) electrons. The van der Waals surface area contributed by atoms with E-state index in [4.69, 9.17) is 0 Å². The molecule has 2 aromatic rings. The minimum atomic E-state index is -3.57. The van der Waals surface area contributed by atoms with Crippen LogP contribution in [0.5, 0.6) is 0 Å². The Morgan fingerprint density at radius 2 is 2.09 bits per heavy atom. The number of hydrogen-bond acceptors (Lipinski definition) is 6. The van der Waals surface area contributed by atoms with Gasteiger partial charge in [-0.2, -0.15) is 5.10 Å². The van der Waals surface area contributed by atoms with Gasteiger partial charge in [-0.1, -0.05) is 0 Å². The zero-order valence-electron chi connectivity index (χ0n) is 12.2. The van der Waals surface area contributed by atoms with E-state index in [1.165, 1.54) is 12.1 Å². The van der Waals surface area contributed by atoms with E-state index >= 15 is 0 Å². The number of nitro groups is 1. The van der Waals surface area contributed by atoms with Crippen LogP contribution in [0.15, 0.2) is 35.4 Å². The van der Waals surface area contributed by atoms with Crippen molar-refractivity contribution in [2.24, 2.45) is 7.05 Å². The number of hydrogen-bond donors (Lipinski definition) is 1. The second-order valence-electron chi connectivity index (χ2n) is 4.83. The normalized spacial score (nSPS) is 11.4. The molecule has 1 N–H and O–H groups in total. The molecule has 0 fully saturated rings. The summed E-state index contributed by atoms with van der Waals surface area (Å²) < 4.78 is 25.3. The van der Waals surface area contributed by atoms with E-state index in [0.29, 0.717) is 18.7 Å². The Kier molecular flexibility index (Phi) is 4.45. The Labute approximate surface area is 127 Å². The van der Waals surface area contributed by atoms with Crippen molar-refractivity contribution >= 4 is 21.2 Å². The first-order valence-electron chi connectivity index (χ1n) is 6.48. The number of aryl methyl sites for hydroxylation is 1. The van der Waals surface area contributed by atoms with Gasteiger partial charge in [-0.25, -0.2) is 8.42 Å². The van der Waals surface area contributed by atoms with Crippen molar-refractivity contribution in [2.45, 2.75) is 11.3 Å². The maximum absolute atomic E-state index is 11.8. The predicted molar refractivity (Wildman–Crippen MR) is 81.6 cm³/mol. The number of nitrogens with zero attached hydrogens (tertiary/aromatic N) is 3. The highest BCUT2D eigenvalue weighted by Crippen LogP contribution is 2.26. The Hall–Kier alpha value is -2.42. The molecule has 0 saturated carbocycles. The van der Waals surface area contributed by atoms with E-state index in [1.54, 1.807) is 10.9 Å². The molecule has 1 aromatic carbocycles. The van der Waals surface area contributed by atoms with Gasteiger partial charge in [0.2, 0.25) is 0 Å². The molecular weight excluding hydrogens is 308 g/mol. The number of nitro benzene ring substituents is 1. The Morgan fingerprint density at radius 1 is 1.36 bits per heavy atom. The molecule has 0 spiro atoms. The molecule has 8 nitrogen and oxygen atoms in total. The summed E-state index contributed by atoms with van der Waals surface area (Å²) in [5.74, 6) is 0. The number of sulfone groups is 1. The van der Waals surface area contributed by atoms with Gasteiger partial charge in [0.1, 0.15) is 0 Å². The molecule has 0 saturated heterocycles. The summed E-state index contributed by atoms with van der Waals surface area (Å²) in [5.41, 5.74) is 1.10. The van der Waals surface area contributed by atoms with Gasteiger partial charge in [0.15, 0.2) is 9.84 Å². The maximum atomic E-state index is 11.8. The van der Waals surface area contributed by atoms with Crippen molar-refractivity contribution in [1.29, 1.82) is 0 Å². The largest absolute Gasteiger partial charge is 0.384 e. The minimum Gasteiger partial charge on any atom is -0.384 e. The van der Waals surface area contributed by atoms with Gasteiger partial charge in [-0.05, 0) is 12.1 Å². The topological polar surface area (TPSA) is 107 Å². The van der Waals surface area contributed by atoms with E-state index < -0.39 is 14.8 Å². The van der Waals surface area contributed by atoms with Crippen molar-refractivity contribution in [3.63, 3.8) is 0 Å². The summed E-state index contributed by atoms with van der Waals surface area (Å²) >= 11 is 0. The van der Waals surface area contributed by atoms with Crippen molar-refractivity contribution in [2.75, 3.05) is 18.1 Å². The number of rotatable bonds is 6. The number of benzene rings is 1. The summed E-state index contributed by atoms with van der Waals surface area (Å²) in [5, 5.41) is 17.8. The third-order valence-electron chi connectivity index (χ3n) is 3.19. The lowest BCUT2D eigenvalue weighted by Gasteiger charge is -2.11. The Bertz CT molecular complexity index is 798. The average Bonchev–Trinajstić information content (AvgIpc) is 2.83. The molecule has 0 unspecified atom stereocenters. The third-order valence-corrected chi connectivity index (χ3v) is 4.33. The number of anilines is 1. The monoisotopic (exact) mass is 324 g/mol. The lowest BCUT2D eigenvalue weighted by atomic mass is 10.2. The molecule has 0 amide bonds. The van der Waals surface area contributed by atoms with Crippen LogP contribution in [0.2, 0.25) is 0 Å². The van der Waals surface area contributed by atoms with E-state index in [2.05, 4.69) is 10.4 Å². The highest BCUT2D eigenvalue weighted by Gasteiger charge is 2.18. The maximum Gasteiger partial charge on any atom is 0.270 e. The van der Waals surface area contributed by atoms with Gasteiger partial charge in [0.05, 0.1) is 15.5 Å². The Morgan fingerprint density at radius 3 is 2.64 bits per heavy atom. The van der Waals surface area contributed by atoms with Crippen LogP contribution in [0.25, 0.3) is 0 Å². The fourth-order valence-electron chi connectivity index (χ4n) is 2.05. The molecule has 1 aromatic heterocycles. The summed E-state index contributed by atoms with van der Waals surface area (Å²) in [4.78, 5) is 10.1. The summed E-state index contributed by atoms with van der Waals surface area (Å²) in [6.07, 6.45) is 3.36. The SMILES string of the molecule is Cn1nccc1CCNc1ccc([N+](=O)[O-])cc1S(C)(=O)=O. The van der Waals surface area contributed by atoms with Crippen LogP contribution >= 0.6 is 0 Å². The van der Waals surface area contributed by atoms with Crippen LogP contribution in [-0.2, 0) is 23.3 Å². The Balaban J connectivity index is 2.20. The first kappa shape index (κ1) is 16.0. The minimum absolute atomic E-state index is 0.0771. The lowest BCUT2D eigenvalue weighted by Crippen LogP contribution is -2.11. The second kappa shape index (κ2) is 6.14. The van der Waals surface area contributed by atoms with E-state index in [-0.39, 0.29) is 10.6 Å². The lowest BCUT2D eigenvalue weighted by molar-refractivity contribution is -0.385. The van der Waals surface area contributed by atoms with Crippen molar-refractivity contribution < 1.29 is 13.3 Å². The van der Waals surface area contributed by atoms with Crippen LogP contribution in [0.3, 0.4) is 0 Å². The van der Waals surface area contributed by atoms with Crippen LogP contribution in [0.4, 0.5) is 11.4 Å². The molecule has 1 heterocycles. The van der Waals surface area contributed by atoms with Crippen LogP contribution in [-0.4, -0.2) is 35.9 Å². The molecule has 0 bridgehead atoms. The molecule has 118 valence electrons. The van der Waals surface area contributed by atoms with Crippen molar-refractivity contribution in [3.05, 3.63) is 46.3 Å². The van der Waals surface area contributed by atoms with Gasteiger partial charge in [0, 0.05) is 50.3 Å². The molecule has 0 aliphatic carbocycles. The highest BCUT2D eigenvalue weighted by atomic mass is 32.2. The van der Waals surface area contributed by atoms with Crippen molar-refractivity contribution in [3.8, 4) is 0 Å². The average molecular weight is 324 g/mol. The first-order valence-corrected chi connectivity index (χ1v) is 8.37. The fourth-order valence-corrected chi connectivity index (χ4v) is 2.92. The van der Waals surface area contributed by atoms with Gasteiger partial charge >= 0.3 is 0 Å². The zero-order chi connectivity index (χ0) is 16.3. The van der Waals surface area contributed by atoms with Crippen molar-refractivity contribution in [1.82, 2.24) is 9.78 Å². The molecule has 0 atom stereocenters. The summed E-state index contributed by atoms with van der Waals surface area (Å²) in [7, 11) is -1.74. The van der Waals surface area contributed by atoms with E-state index in [0.717, 1.165) is 18.0 Å². The van der Waals surface area contributed by atoms with E-state index in [9.17, 15) is 18.5 Å². The standard InChI is InChI=1S/C13H16N4O4S/c1-16-10(6-8-15-16)5-7-14-12-4-3-11(17(18)19)9-13(12)22(2,20)21/h3-4,6,8-9,14H,5,7H2,1-2H3. The van der Waals surface area contributed by atoms with Gasteiger partial charge in [0.25, 0.3) is 5.69 Å². The fraction of sp³-hybridized carbons (Fsp3) is 0.308. The van der Waals surface area contributed by atoms with Gasteiger partial charge < -0.3 is 5.32 Å². The smallest absolute Gasteiger partial charge is 0.270 e. The molecular formula is C13H16N4O4S. The molecule has 2 rings (SSSR count). The van der Waals surface area contributed by atoms with Crippen LogP contribution in [0.1, 0.15) is 5.69 Å². The van der Waals surface area contributed by atoms with Gasteiger partial charge in [-0.15, -0.1) is 0 Å². The summed E-state index contributed by atoms with van der Waals surface area (Å²) in [6, 6.07) is 5.63. The second-order valence-corrected chi connectivity index (χ2v) is 6.82. The summed E-state index contributed by atoms with van der Waals surface area (Å²) in [6.45, 7) is 0.486. The van der Waals surface area contributed by atoms with Crippen LogP contribution in [0, 0.1) is 10.1 Å². The molecule has 22 heavy (non-hydrogen) atoms. The first-order chi connectivity index (χ1) is 10.3. The molecule has 0 aliphatic heterocycles. The quantitative estimate of drug-likeness (QED) is 0.635. The molecule has 9 heteroatoms. The number of aromatic nitrogens is 2. The van der Waals surface area contributed by atoms with E-state index in [1.807, 2.05) is 13.1 Å².